The van der Waals surface area contributed by atoms with Crippen LogP contribution in [0.3, 0.4) is 0 Å². The van der Waals surface area contributed by atoms with Crippen LogP contribution in [0.25, 0.3) is 0 Å². The Morgan fingerprint density at radius 3 is 2.21 bits per heavy atom. The van der Waals surface area contributed by atoms with Gasteiger partial charge in [0.1, 0.15) is 0 Å². The summed E-state index contributed by atoms with van der Waals surface area (Å²) in [5.74, 6) is 0.826. The average Bonchev–Trinajstić information content (AvgIpc) is 2.43. The van der Waals surface area contributed by atoms with Gasteiger partial charge in [0.2, 0.25) is 0 Å². The predicted octanol–water partition coefficient (Wildman–Crippen LogP) is 4.05. The third-order valence-corrected chi connectivity index (χ3v) is 5.22. The maximum Gasteiger partial charge on any atom is 0.0304 e. The minimum atomic E-state index is 0.359. The molecule has 0 saturated carbocycles. The van der Waals surface area contributed by atoms with Crippen LogP contribution in [0.1, 0.15) is 73.6 Å². The van der Waals surface area contributed by atoms with Crippen molar-refractivity contribution in [2.45, 2.75) is 91.3 Å². The quantitative estimate of drug-likeness (QED) is 0.749. The molecule has 1 fully saturated rings. The van der Waals surface area contributed by atoms with Gasteiger partial charge in [-0.05, 0) is 44.9 Å². The van der Waals surface area contributed by atoms with Crippen molar-refractivity contribution in [1.82, 2.24) is 10.2 Å². The van der Waals surface area contributed by atoms with Crippen LogP contribution in [0.2, 0.25) is 0 Å². The molecule has 0 aromatic carbocycles. The third-order valence-electron chi connectivity index (χ3n) is 5.22. The first-order valence-electron chi connectivity index (χ1n) is 8.48. The van der Waals surface area contributed by atoms with Crippen LogP contribution in [-0.2, 0) is 0 Å². The molecule has 2 unspecified atom stereocenters. The fourth-order valence-electron chi connectivity index (χ4n) is 3.34. The zero-order valence-corrected chi connectivity index (χ0v) is 14.1. The summed E-state index contributed by atoms with van der Waals surface area (Å²) in [6.07, 6.45) is 6.45. The molecule has 114 valence electrons. The Bertz CT molecular complexity index is 246. The summed E-state index contributed by atoms with van der Waals surface area (Å²) in [5, 5.41) is 3.84. The Morgan fingerprint density at radius 2 is 1.74 bits per heavy atom. The van der Waals surface area contributed by atoms with Crippen LogP contribution in [0.4, 0.5) is 0 Å². The van der Waals surface area contributed by atoms with Crippen molar-refractivity contribution in [3.8, 4) is 0 Å². The first kappa shape index (κ1) is 17.0. The molecule has 0 bridgehead atoms. The van der Waals surface area contributed by atoms with Crippen LogP contribution in [0, 0.1) is 5.92 Å². The topological polar surface area (TPSA) is 15.3 Å². The normalized spacial score (nSPS) is 25.7. The minimum Gasteiger partial charge on any atom is -0.308 e. The molecule has 0 amide bonds. The van der Waals surface area contributed by atoms with E-state index in [1.807, 2.05) is 0 Å². The first-order valence-corrected chi connectivity index (χ1v) is 8.48. The van der Waals surface area contributed by atoms with E-state index in [0.717, 1.165) is 18.0 Å². The highest BCUT2D eigenvalue weighted by Gasteiger charge is 2.37. The third kappa shape index (κ3) is 4.46. The molecular formula is C17H36N2. The number of nitrogens with zero attached hydrogens (tertiary/aromatic N) is 1. The number of nitrogens with one attached hydrogen (secondary N) is 1. The van der Waals surface area contributed by atoms with E-state index in [4.69, 9.17) is 0 Å². The SMILES string of the molecule is CCC1CNC(CC)(CC)CN1C(C)CCC(C)C. The molecule has 0 aromatic rings. The van der Waals surface area contributed by atoms with Crippen LogP contribution in [-0.4, -0.2) is 35.6 Å². The van der Waals surface area contributed by atoms with Gasteiger partial charge in [-0.3, -0.25) is 4.90 Å². The number of rotatable bonds is 7. The van der Waals surface area contributed by atoms with E-state index in [0.29, 0.717) is 5.54 Å². The maximum absolute atomic E-state index is 3.84. The lowest BCUT2D eigenvalue weighted by Crippen LogP contribution is -2.65. The second-order valence-corrected chi connectivity index (χ2v) is 6.92. The van der Waals surface area contributed by atoms with E-state index in [-0.39, 0.29) is 0 Å². The smallest absolute Gasteiger partial charge is 0.0304 e. The maximum atomic E-state index is 3.84. The largest absolute Gasteiger partial charge is 0.308 e. The average molecular weight is 268 g/mol. The van der Waals surface area contributed by atoms with Gasteiger partial charge in [0.05, 0.1) is 0 Å². The number of piperazine rings is 1. The number of hydrogen-bond donors (Lipinski definition) is 1. The zero-order valence-electron chi connectivity index (χ0n) is 14.1. The Morgan fingerprint density at radius 1 is 1.11 bits per heavy atom. The van der Waals surface area contributed by atoms with Gasteiger partial charge >= 0.3 is 0 Å². The Labute approximate surface area is 121 Å². The van der Waals surface area contributed by atoms with Gasteiger partial charge < -0.3 is 5.32 Å². The van der Waals surface area contributed by atoms with E-state index in [9.17, 15) is 0 Å². The van der Waals surface area contributed by atoms with Gasteiger partial charge in [-0.25, -0.2) is 0 Å². The minimum absolute atomic E-state index is 0.359. The van der Waals surface area contributed by atoms with Crippen molar-refractivity contribution >= 4 is 0 Å². The molecular weight excluding hydrogens is 232 g/mol. The molecule has 0 aliphatic carbocycles. The van der Waals surface area contributed by atoms with Crippen molar-refractivity contribution in [2.24, 2.45) is 5.92 Å². The molecule has 1 heterocycles. The summed E-state index contributed by atoms with van der Waals surface area (Å²) in [5.41, 5.74) is 0.359. The lowest BCUT2D eigenvalue weighted by atomic mass is 9.86. The van der Waals surface area contributed by atoms with Crippen LogP contribution >= 0.6 is 0 Å². The van der Waals surface area contributed by atoms with E-state index >= 15 is 0 Å². The molecule has 1 aliphatic heterocycles. The van der Waals surface area contributed by atoms with Gasteiger partial charge in [0.25, 0.3) is 0 Å². The lowest BCUT2D eigenvalue weighted by Gasteiger charge is -2.50. The van der Waals surface area contributed by atoms with Crippen LogP contribution < -0.4 is 5.32 Å². The molecule has 19 heavy (non-hydrogen) atoms. The predicted molar refractivity (Wildman–Crippen MR) is 85.6 cm³/mol. The Balaban J connectivity index is 2.68. The lowest BCUT2D eigenvalue weighted by molar-refractivity contribution is 0.0360. The van der Waals surface area contributed by atoms with Crippen LogP contribution in [0.15, 0.2) is 0 Å². The van der Waals surface area contributed by atoms with Gasteiger partial charge in [-0.1, -0.05) is 34.6 Å². The molecule has 1 aliphatic rings. The second kappa shape index (κ2) is 7.64. The van der Waals surface area contributed by atoms with Gasteiger partial charge in [0, 0.05) is 30.7 Å². The summed E-state index contributed by atoms with van der Waals surface area (Å²) < 4.78 is 0. The summed E-state index contributed by atoms with van der Waals surface area (Å²) in [6, 6.07) is 1.46. The molecule has 1 rings (SSSR count). The monoisotopic (exact) mass is 268 g/mol. The van der Waals surface area contributed by atoms with E-state index in [2.05, 4.69) is 51.8 Å². The standard InChI is InChI=1S/C17H36N2/c1-7-16-12-18-17(8-2,9-3)13-19(16)15(6)11-10-14(4)5/h14-16,18H,7-13H2,1-6H3. The van der Waals surface area contributed by atoms with Gasteiger partial charge in [-0.15, -0.1) is 0 Å². The Kier molecular flexibility index (Phi) is 6.82. The molecule has 1 saturated heterocycles. The fourth-order valence-corrected chi connectivity index (χ4v) is 3.34. The molecule has 2 nitrogen and oxygen atoms in total. The van der Waals surface area contributed by atoms with E-state index in [1.54, 1.807) is 0 Å². The molecule has 0 radical (unpaired) electrons. The van der Waals surface area contributed by atoms with Gasteiger partial charge in [-0.2, -0.15) is 0 Å². The van der Waals surface area contributed by atoms with Crippen molar-refractivity contribution in [2.75, 3.05) is 13.1 Å². The molecule has 1 N–H and O–H groups in total. The summed E-state index contributed by atoms with van der Waals surface area (Å²) in [6.45, 7) is 16.5. The van der Waals surface area contributed by atoms with E-state index < -0.39 is 0 Å². The van der Waals surface area contributed by atoms with E-state index in [1.165, 1.54) is 45.2 Å². The first-order chi connectivity index (χ1) is 8.98. The van der Waals surface area contributed by atoms with Crippen molar-refractivity contribution in [1.29, 1.82) is 0 Å². The zero-order chi connectivity index (χ0) is 14.5. The Hall–Kier alpha value is -0.0800. The highest BCUT2D eigenvalue weighted by Crippen LogP contribution is 2.27. The highest BCUT2D eigenvalue weighted by molar-refractivity contribution is 4.97. The van der Waals surface area contributed by atoms with Crippen molar-refractivity contribution in [3.05, 3.63) is 0 Å². The number of hydrogen-bond acceptors (Lipinski definition) is 2. The van der Waals surface area contributed by atoms with Crippen LogP contribution in [0.5, 0.6) is 0 Å². The van der Waals surface area contributed by atoms with Crippen molar-refractivity contribution in [3.63, 3.8) is 0 Å². The second-order valence-electron chi connectivity index (χ2n) is 6.92. The fraction of sp³-hybridized carbons (Fsp3) is 1.00. The highest BCUT2D eigenvalue weighted by atomic mass is 15.3. The summed E-state index contributed by atoms with van der Waals surface area (Å²) in [7, 11) is 0. The summed E-state index contributed by atoms with van der Waals surface area (Å²) in [4.78, 5) is 2.80. The molecule has 2 heteroatoms. The van der Waals surface area contributed by atoms with Crippen molar-refractivity contribution < 1.29 is 0 Å². The van der Waals surface area contributed by atoms with Gasteiger partial charge in [0.15, 0.2) is 0 Å². The molecule has 0 spiro atoms. The summed E-state index contributed by atoms with van der Waals surface area (Å²) >= 11 is 0. The molecule has 0 aromatic heterocycles. The molecule has 2 atom stereocenters.